The molecule has 7 heteroatoms. The Morgan fingerprint density at radius 3 is 2.53 bits per heavy atom. The van der Waals surface area contributed by atoms with Crippen LogP contribution in [-0.2, 0) is 6.18 Å². The molecule has 0 saturated heterocycles. The van der Waals surface area contributed by atoms with Crippen molar-refractivity contribution in [3.05, 3.63) is 39.8 Å². The van der Waals surface area contributed by atoms with Gasteiger partial charge in [-0.15, -0.1) is 0 Å². The molecule has 0 aliphatic heterocycles. The predicted octanol–water partition coefficient (Wildman–Crippen LogP) is 3.46. The van der Waals surface area contributed by atoms with E-state index in [0.29, 0.717) is 12.4 Å². The topological polar surface area (TPSA) is 65.8 Å². The van der Waals surface area contributed by atoms with Gasteiger partial charge in [-0.25, -0.2) is 0 Å². The Labute approximate surface area is 82.0 Å². The van der Waals surface area contributed by atoms with E-state index in [-0.39, 0.29) is 11.3 Å². The quantitative estimate of drug-likeness (QED) is 0.322. The van der Waals surface area contributed by atoms with Crippen LogP contribution >= 0.6 is 0 Å². The van der Waals surface area contributed by atoms with Crippen molar-refractivity contribution in [2.75, 3.05) is 0 Å². The van der Waals surface area contributed by atoms with E-state index >= 15 is 0 Å². The molecule has 0 bridgehead atoms. The van der Waals surface area contributed by atoms with Crippen LogP contribution in [-0.4, -0.2) is 6.29 Å². The van der Waals surface area contributed by atoms with E-state index in [1.54, 1.807) is 0 Å². The summed E-state index contributed by atoms with van der Waals surface area (Å²) in [6, 6.07) is 2.34. The number of hydrogen-bond acceptors (Lipinski definition) is 2. The monoisotopic (exact) mass is 215 g/mol. The lowest BCUT2D eigenvalue weighted by molar-refractivity contribution is -0.137. The zero-order valence-electron chi connectivity index (χ0n) is 7.19. The Hall–Kier alpha value is -2.01. The van der Waals surface area contributed by atoms with Gasteiger partial charge in [-0.2, -0.15) is 13.2 Å². The first-order valence-electron chi connectivity index (χ1n) is 3.70. The lowest BCUT2D eigenvalue weighted by atomic mass is 10.1. The molecule has 0 radical (unpaired) electrons. The van der Waals surface area contributed by atoms with Crippen molar-refractivity contribution in [2.45, 2.75) is 6.18 Å². The third-order valence-electron chi connectivity index (χ3n) is 1.64. The number of benzene rings is 1. The Kier molecular flexibility index (Phi) is 2.96. The van der Waals surface area contributed by atoms with Gasteiger partial charge in [0, 0.05) is 16.2 Å². The summed E-state index contributed by atoms with van der Waals surface area (Å²) in [7, 11) is 0. The Morgan fingerprint density at radius 2 is 2.07 bits per heavy atom. The first-order chi connectivity index (χ1) is 6.99. The van der Waals surface area contributed by atoms with Gasteiger partial charge in [0.1, 0.15) is 0 Å². The van der Waals surface area contributed by atoms with Crippen LogP contribution in [0.3, 0.4) is 0 Å². The third kappa shape index (κ3) is 2.47. The summed E-state index contributed by atoms with van der Waals surface area (Å²) in [5.41, 5.74) is 6.72. The van der Waals surface area contributed by atoms with Crippen LogP contribution in [0.4, 0.5) is 18.9 Å². The van der Waals surface area contributed by atoms with E-state index in [1.165, 1.54) is 0 Å². The maximum Gasteiger partial charge on any atom is 0.416 e. The number of aldehydes is 1. The molecule has 0 aliphatic carbocycles. The summed E-state index contributed by atoms with van der Waals surface area (Å²) in [6.45, 7) is 0. The highest BCUT2D eigenvalue weighted by atomic mass is 19.4. The second-order valence-corrected chi connectivity index (χ2v) is 2.58. The Morgan fingerprint density at radius 1 is 1.40 bits per heavy atom. The number of halogens is 3. The number of rotatable bonds is 2. The van der Waals surface area contributed by atoms with E-state index in [0.717, 1.165) is 12.1 Å². The molecule has 0 atom stereocenters. The SMILES string of the molecule is [N-]=[N+]=Nc1cc(C(F)(F)F)ccc1C=O. The largest absolute Gasteiger partial charge is 0.416 e. The Balaban J connectivity index is 3.34. The van der Waals surface area contributed by atoms with Gasteiger partial charge in [-0.1, -0.05) is 11.2 Å². The van der Waals surface area contributed by atoms with Crippen molar-refractivity contribution in [3.63, 3.8) is 0 Å². The second-order valence-electron chi connectivity index (χ2n) is 2.58. The minimum absolute atomic E-state index is 0.0826. The first-order valence-corrected chi connectivity index (χ1v) is 3.70. The van der Waals surface area contributed by atoms with Crippen LogP contribution in [0.15, 0.2) is 23.3 Å². The molecule has 0 saturated carbocycles. The molecule has 0 aromatic heterocycles. The van der Waals surface area contributed by atoms with E-state index in [9.17, 15) is 18.0 Å². The van der Waals surface area contributed by atoms with Gasteiger partial charge in [-0.3, -0.25) is 4.79 Å². The minimum atomic E-state index is -4.53. The molecule has 1 rings (SSSR count). The van der Waals surface area contributed by atoms with E-state index in [1.807, 2.05) is 0 Å². The fraction of sp³-hybridized carbons (Fsp3) is 0.125. The molecule has 1 aromatic rings. The third-order valence-corrected chi connectivity index (χ3v) is 1.64. The average molecular weight is 215 g/mol. The first kappa shape index (κ1) is 11.1. The lowest BCUT2D eigenvalue weighted by Crippen LogP contribution is -2.04. The highest BCUT2D eigenvalue weighted by Gasteiger charge is 2.30. The normalized spacial score (nSPS) is 10.6. The molecule has 0 N–H and O–H groups in total. The molecule has 0 spiro atoms. The number of hydrogen-bond donors (Lipinski definition) is 0. The second kappa shape index (κ2) is 4.02. The highest BCUT2D eigenvalue weighted by molar-refractivity contribution is 5.83. The summed E-state index contributed by atoms with van der Waals surface area (Å²) >= 11 is 0. The van der Waals surface area contributed by atoms with Gasteiger partial charge in [0.2, 0.25) is 0 Å². The summed E-state index contributed by atoms with van der Waals surface area (Å²) in [6.07, 6.45) is -4.20. The van der Waals surface area contributed by atoms with Crippen molar-refractivity contribution in [3.8, 4) is 0 Å². The lowest BCUT2D eigenvalue weighted by Gasteiger charge is -2.07. The van der Waals surface area contributed by atoms with Crippen molar-refractivity contribution < 1.29 is 18.0 Å². The summed E-state index contributed by atoms with van der Waals surface area (Å²) in [5.74, 6) is 0. The molecule has 0 aliphatic rings. The van der Waals surface area contributed by atoms with Gasteiger partial charge in [0.05, 0.1) is 5.56 Å². The minimum Gasteiger partial charge on any atom is -0.298 e. The molecule has 0 unspecified atom stereocenters. The smallest absolute Gasteiger partial charge is 0.298 e. The van der Waals surface area contributed by atoms with Gasteiger partial charge in [0.15, 0.2) is 6.29 Å². The van der Waals surface area contributed by atoms with Gasteiger partial charge in [0.25, 0.3) is 0 Å². The molecule has 0 amide bonds. The molecule has 15 heavy (non-hydrogen) atoms. The van der Waals surface area contributed by atoms with Crippen LogP contribution in [0.5, 0.6) is 0 Å². The number of nitrogens with zero attached hydrogens (tertiary/aromatic N) is 3. The maximum atomic E-state index is 12.2. The van der Waals surface area contributed by atoms with Crippen molar-refractivity contribution in [2.24, 2.45) is 5.11 Å². The van der Waals surface area contributed by atoms with Crippen LogP contribution < -0.4 is 0 Å². The highest BCUT2D eigenvalue weighted by Crippen LogP contribution is 2.32. The van der Waals surface area contributed by atoms with Crippen LogP contribution in [0.2, 0.25) is 0 Å². The fourth-order valence-electron chi connectivity index (χ4n) is 0.954. The molecule has 1 aromatic carbocycles. The average Bonchev–Trinajstić information content (AvgIpc) is 2.17. The van der Waals surface area contributed by atoms with Crippen LogP contribution in [0, 0.1) is 0 Å². The molecular formula is C8H4F3N3O. The van der Waals surface area contributed by atoms with E-state index in [2.05, 4.69) is 10.0 Å². The summed E-state index contributed by atoms with van der Waals surface area (Å²) < 4.78 is 36.7. The Bertz CT molecular complexity index is 435. The molecule has 4 nitrogen and oxygen atoms in total. The van der Waals surface area contributed by atoms with E-state index in [4.69, 9.17) is 5.53 Å². The van der Waals surface area contributed by atoms with Crippen LogP contribution in [0.25, 0.3) is 10.4 Å². The molecule has 0 heterocycles. The van der Waals surface area contributed by atoms with Crippen molar-refractivity contribution >= 4 is 12.0 Å². The number of carbonyl (C=O) groups excluding carboxylic acids is 1. The molecular weight excluding hydrogens is 211 g/mol. The van der Waals surface area contributed by atoms with E-state index < -0.39 is 11.7 Å². The zero-order chi connectivity index (χ0) is 11.5. The number of azide groups is 1. The van der Waals surface area contributed by atoms with Crippen LogP contribution in [0.1, 0.15) is 15.9 Å². The maximum absolute atomic E-state index is 12.2. The summed E-state index contributed by atoms with van der Waals surface area (Å²) in [5, 5.41) is 3.00. The van der Waals surface area contributed by atoms with Gasteiger partial charge >= 0.3 is 6.18 Å². The predicted molar refractivity (Wildman–Crippen MR) is 45.6 cm³/mol. The standard InChI is InChI=1S/C8H4F3N3O/c9-8(10,11)6-2-1-5(4-15)7(3-6)13-14-12/h1-4H. The fourth-order valence-corrected chi connectivity index (χ4v) is 0.954. The number of alkyl halides is 3. The zero-order valence-corrected chi connectivity index (χ0v) is 7.19. The summed E-state index contributed by atoms with van der Waals surface area (Å²) in [4.78, 5) is 12.7. The van der Waals surface area contributed by atoms with Crippen molar-refractivity contribution in [1.29, 1.82) is 0 Å². The van der Waals surface area contributed by atoms with Crippen molar-refractivity contribution in [1.82, 2.24) is 0 Å². The molecule has 78 valence electrons. The molecule has 0 fully saturated rings. The number of carbonyl (C=O) groups is 1. The van der Waals surface area contributed by atoms with Gasteiger partial charge in [-0.05, 0) is 17.7 Å². The van der Waals surface area contributed by atoms with Gasteiger partial charge < -0.3 is 0 Å².